The minimum absolute atomic E-state index is 0.0687. The first-order valence-electron chi connectivity index (χ1n) is 6.16. The van der Waals surface area contributed by atoms with Gasteiger partial charge in [-0.25, -0.2) is 0 Å². The first-order valence-corrected chi connectivity index (χ1v) is 6.96. The summed E-state index contributed by atoms with van der Waals surface area (Å²) in [6.45, 7) is 0.0687. The van der Waals surface area contributed by atoms with E-state index in [1.807, 2.05) is 0 Å². The number of ether oxygens (including phenoxy) is 3. The van der Waals surface area contributed by atoms with Gasteiger partial charge in [-0.05, 0) is 51.3 Å². The lowest BCUT2D eigenvalue weighted by Gasteiger charge is -2.12. The molecule has 0 N–H and O–H groups in total. The molecule has 0 amide bonds. The zero-order valence-electron chi connectivity index (χ0n) is 11.5. The molecule has 2 aromatic carbocycles. The van der Waals surface area contributed by atoms with E-state index in [0.29, 0.717) is 16.9 Å². The third-order valence-electron chi connectivity index (χ3n) is 2.66. The fraction of sp³-hybridized carbons (Fsp3) is 0.200. The van der Waals surface area contributed by atoms with Crippen molar-refractivity contribution in [3.8, 4) is 22.6 Å². The topological polar surface area (TPSA) is 27.7 Å². The molecule has 0 aliphatic carbocycles. The van der Waals surface area contributed by atoms with E-state index in [-0.39, 0.29) is 12.5 Å². The molecule has 0 atom stereocenters. The maximum Gasteiger partial charge on any atom is 0.573 e. The average molecular weight is 377 g/mol. The maximum absolute atomic E-state index is 12.3. The Kier molecular flexibility index (Phi) is 5.31. The summed E-state index contributed by atoms with van der Waals surface area (Å²) in [6, 6.07) is 11.0. The SMILES string of the molecule is COCOc1cc(-c2cccc(OC(F)(F)F)c2)ccc1Br. The van der Waals surface area contributed by atoms with Crippen molar-refractivity contribution in [2.45, 2.75) is 6.36 Å². The summed E-state index contributed by atoms with van der Waals surface area (Å²) in [5.41, 5.74) is 1.28. The fourth-order valence-corrected chi connectivity index (χ4v) is 2.15. The molecule has 0 fully saturated rings. The second-order valence-electron chi connectivity index (χ2n) is 4.27. The third-order valence-corrected chi connectivity index (χ3v) is 3.32. The molecule has 0 aliphatic rings. The van der Waals surface area contributed by atoms with E-state index in [9.17, 15) is 13.2 Å². The van der Waals surface area contributed by atoms with Crippen molar-refractivity contribution in [3.63, 3.8) is 0 Å². The summed E-state index contributed by atoms with van der Waals surface area (Å²) in [6.07, 6.45) is -4.72. The smallest absolute Gasteiger partial charge is 0.466 e. The Balaban J connectivity index is 2.29. The van der Waals surface area contributed by atoms with Gasteiger partial charge in [0.2, 0.25) is 0 Å². The molecule has 0 radical (unpaired) electrons. The van der Waals surface area contributed by atoms with Gasteiger partial charge in [-0.15, -0.1) is 13.2 Å². The molecule has 0 bridgehead atoms. The van der Waals surface area contributed by atoms with Gasteiger partial charge in [0.1, 0.15) is 11.5 Å². The number of hydrogen-bond acceptors (Lipinski definition) is 3. The number of hydrogen-bond donors (Lipinski definition) is 0. The average Bonchev–Trinajstić information content (AvgIpc) is 2.45. The van der Waals surface area contributed by atoms with Gasteiger partial charge in [-0.3, -0.25) is 0 Å². The minimum Gasteiger partial charge on any atom is -0.466 e. The van der Waals surface area contributed by atoms with E-state index < -0.39 is 6.36 Å². The second kappa shape index (κ2) is 7.02. The molecule has 0 aliphatic heterocycles. The van der Waals surface area contributed by atoms with Crippen LogP contribution in [0.3, 0.4) is 0 Å². The highest BCUT2D eigenvalue weighted by molar-refractivity contribution is 9.10. The highest BCUT2D eigenvalue weighted by Gasteiger charge is 2.31. The van der Waals surface area contributed by atoms with Crippen LogP contribution in [0.1, 0.15) is 0 Å². The van der Waals surface area contributed by atoms with E-state index in [2.05, 4.69) is 20.7 Å². The number of methoxy groups -OCH3 is 1. The van der Waals surface area contributed by atoms with E-state index in [0.717, 1.165) is 4.47 Å². The number of rotatable bonds is 5. The van der Waals surface area contributed by atoms with Gasteiger partial charge in [0.25, 0.3) is 0 Å². The molecule has 118 valence electrons. The summed E-state index contributed by atoms with van der Waals surface area (Å²) in [7, 11) is 1.50. The first kappa shape index (κ1) is 16.6. The van der Waals surface area contributed by atoms with E-state index >= 15 is 0 Å². The zero-order chi connectivity index (χ0) is 16.2. The maximum atomic E-state index is 12.3. The van der Waals surface area contributed by atoms with Gasteiger partial charge in [0.15, 0.2) is 6.79 Å². The molecular formula is C15H12BrF3O3. The van der Waals surface area contributed by atoms with Crippen LogP contribution in [0.25, 0.3) is 11.1 Å². The van der Waals surface area contributed by atoms with E-state index in [1.54, 1.807) is 24.3 Å². The Bertz CT molecular complexity index is 644. The summed E-state index contributed by atoms with van der Waals surface area (Å²) in [5.74, 6) is 0.258. The van der Waals surface area contributed by atoms with E-state index in [4.69, 9.17) is 9.47 Å². The Labute approximate surface area is 133 Å². The van der Waals surface area contributed by atoms with Crippen LogP contribution in [-0.2, 0) is 4.74 Å². The molecule has 0 unspecified atom stereocenters. The monoisotopic (exact) mass is 376 g/mol. The number of alkyl halides is 3. The predicted molar refractivity (Wildman–Crippen MR) is 78.8 cm³/mol. The van der Waals surface area contributed by atoms with Gasteiger partial charge in [-0.2, -0.15) is 0 Å². The van der Waals surface area contributed by atoms with Crippen LogP contribution < -0.4 is 9.47 Å². The van der Waals surface area contributed by atoms with Crippen LogP contribution >= 0.6 is 15.9 Å². The van der Waals surface area contributed by atoms with Crippen LogP contribution in [-0.4, -0.2) is 20.3 Å². The van der Waals surface area contributed by atoms with Crippen molar-refractivity contribution < 1.29 is 27.4 Å². The lowest BCUT2D eigenvalue weighted by molar-refractivity contribution is -0.274. The molecule has 2 rings (SSSR count). The lowest BCUT2D eigenvalue weighted by Crippen LogP contribution is -2.17. The van der Waals surface area contributed by atoms with E-state index in [1.165, 1.54) is 25.3 Å². The van der Waals surface area contributed by atoms with Gasteiger partial charge in [0.05, 0.1) is 4.47 Å². The van der Waals surface area contributed by atoms with Crippen LogP contribution in [0.4, 0.5) is 13.2 Å². The standard InChI is InChI=1S/C15H12BrF3O3/c1-20-9-21-14-8-11(5-6-13(14)16)10-3-2-4-12(7-10)22-15(17,18)19/h2-8H,9H2,1H3. The number of benzene rings is 2. The summed E-state index contributed by atoms with van der Waals surface area (Å²) < 4.78 is 51.7. The van der Waals surface area contributed by atoms with Crippen molar-refractivity contribution in [1.29, 1.82) is 0 Å². The fourth-order valence-electron chi connectivity index (χ4n) is 1.79. The Morgan fingerprint density at radius 2 is 1.77 bits per heavy atom. The molecule has 0 spiro atoms. The Hall–Kier alpha value is -1.73. The van der Waals surface area contributed by atoms with Gasteiger partial charge in [0, 0.05) is 7.11 Å². The van der Waals surface area contributed by atoms with Crippen molar-refractivity contribution in [3.05, 3.63) is 46.9 Å². The lowest BCUT2D eigenvalue weighted by atomic mass is 10.1. The molecule has 0 heterocycles. The third kappa shape index (κ3) is 4.64. The highest BCUT2D eigenvalue weighted by Crippen LogP contribution is 2.33. The van der Waals surface area contributed by atoms with Crippen LogP contribution in [0.15, 0.2) is 46.9 Å². The Morgan fingerprint density at radius 1 is 1.05 bits per heavy atom. The Morgan fingerprint density at radius 3 is 2.45 bits per heavy atom. The summed E-state index contributed by atoms with van der Waals surface area (Å²) >= 11 is 3.33. The molecule has 3 nitrogen and oxygen atoms in total. The predicted octanol–water partition coefficient (Wildman–Crippen LogP) is 5.00. The highest BCUT2D eigenvalue weighted by atomic mass is 79.9. The van der Waals surface area contributed by atoms with Gasteiger partial charge < -0.3 is 14.2 Å². The summed E-state index contributed by atoms with van der Waals surface area (Å²) in [4.78, 5) is 0. The molecule has 0 saturated carbocycles. The second-order valence-corrected chi connectivity index (χ2v) is 5.13. The molecule has 0 saturated heterocycles. The molecule has 2 aromatic rings. The normalized spacial score (nSPS) is 11.3. The largest absolute Gasteiger partial charge is 0.573 e. The first-order chi connectivity index (χ1) is 10.4. The molecule has 7 heteroatoms. The zero-order valence-corrected chi connectivity index (χ0v) is 13.1. The van der Waals surface area contributed by atoms with Crippen LogP contribution in [0, 0.1) is 0 Å². The number of halogens is 4. The molecule has 0 aromatic heterocycles. The molecular weight excluding hydrogens is 365 g/mol. The van der Waals surface area contributed by atoms with Crippen LogP contribution in [0.5, 0.6) is 11.5 Å². The van der Waals surface area contributed by atoms with Crippen molar-refractivity contribution >= 4 is 15.9 Å². The van der Waals surface area contributed by atoms with Crippen molar-refractivity contribution in [2.75, 3.05) is 13.9 Å². The van der Waals surface area contributed by atoms with Gasteiger partial charge in [-0.1, -0.05) is 18.2 Å². The molecule has 22 heavy (non-hydrogen) atoms. The quantitative estimate of drug-likeness (QED) is 0.687. The minimum atomic E-state index is -4.72. The summed E-state index contributed by atoms with van der Waals surface area (Å²) in [5, 5.41) is 0. The van der Waals surface area contributed by atoms with Crippen LogP contribution in [0.2, 0.25) is 0 Å². The van der Waals surface area contributed by atoms with Gasteiger partial charge >= 0.3 is 6.36 Å². The van der Waals surface area contributed by atoms with Crippen molar-refractivity contribution in [2.24, 2.45) is 0 Å². The van der Waals surface area contributed by atoms with Crippen molar-refractivity contribution in [1.82, 2.24) is 0 Å².